The molecule has 0 saturated heterocycles. The highest BCUT2D eigenvalue weighted by molar-refractivity contribution is 7.71. The number of imidazole rings is 1. The molecule has 3 atom stereocenters. The van der Waals surface area contributed by atoms with E-state index in [1.165, 1.54) is 19.3 Å². The lowest BCUT2D eigenvalue weighted by Crippen LogP contribution is -2.15. The fraction of sp³-hybridized carbons (Fsp3) is 0.500. The number of hydrogen-bond donors (Lipinski definition) is 1. The molecule has 0 radical (unpaired) electrons. The average Bonchev–Trinajstić information content (AvgIpc) is 2.97. The molecule has 4 heteroatoms. The maximum Gasteiger partial charge on any atom is 0.178 e. The van der Waals surface area contributed by atoms with Crippen molar-refractivity contribution >= 4 is 23.3 Å². The van der Waals surface area contributed by atoms with E-state index in [0.29, 0.717) is 17.5 Å². The lowest BCUT2D eigenvalue weighted by atomic mass is 9.93. The van der Waals surface area contributed by atoms with Gasteiger partial charge in [-0.15, -0.1) is 0 Å². The van der Waals surface area contributed by atoms with Gasteiger partial charge in [-0.1, -0.05) is 26.3 Å². The van der Waals surface area contributed by atoms with E-state index in [2.05, 4.69) is 35.5 Å². The predicted molar refractivity (Wildman–Crippen MR) is 83.1 cm³/mol. The number of fused-ring (bicyclic) bond motifs is 1. The number of aromatic amines is 1. The van der Waals surface area contributed by atoms with Crippen molar-refractivity contribution in [3.8, 4) is 6.07 Å². The summed E-state index contributed by atoms with van der Waals surface area (Å²) >= 11 is 5.52. The van der Waals surface area contributed by atoms with Crippen LogP contribution in [0.25, 0.3) is 11.0 Å². The summed E-state index contributed by atoms with van der Waals surface area (Å²) < 4.78 is 2.99. The minimum Gasteiger partial charge on any atom is -0.329 e. The molecule has 1 aliphatic rings. The minimum absolute atomic E-state index is 0.454. The third kappa shape index (κ3) is 1.89. The van der Waals surface area contributed by atoms with E-state index in [9.17, 15) is 5.26 Å². The normalized spacial score (nSPS) is 25.9. The smallest absolute Gasteiger partial charge is 0.178 e. The van der Waals surface area contributed by atoms with Crippen molar-refractivity contribution in [2.24, 2.45) is 11.8 Å². The first-order valence-corrected chi connectivity index (χ1v) is 7.71. The summed E-state index contributed by atoms with van der Waals surface area (Å²) in [5.74, 6) is 1.42. The second-order valence-corrected chi connectivity index (χ2v) is 6.17. The van der Waals surface area contributed by atoms with Gasteiger partial charge in [0.25, 0.3) is 0 Å². The summed E-state index contributed by atoms with van der Waals surface area (Å²) in [7, 11) is 0. The molecular weight excluding hydrogens is 266 g/mol. The standard InChI is InChI=1S/C16H19N3S/c1-3-11-7-8-13(10(11)2)19-14-6-4-5-12(9-17)15(14)18-16(19)20/h4-6,10-11,13H,3,7-8H2,1-2H3,(H,18,20). The van der Waals surface area contributed by atoms with Gasteiger partial charge in [0.15, 0.2) is 4.77 Å². The number of para-hydroxylation sites is 1. The second kappa shape index (κ2) is 5.06. The number of nitrogens with one attached hydrogen (secondary N) is 1. The highest BCUT2D eigenvalue weighted by Crippen LogP contribution is 2.43. The van der Waals surface area contributed by atoms with Gasteiger partial charge in [-0.3, -0.25) is 0 Å². The van der Waals surface area contributed by atoms with Crippen LogP contribution >= 0.6 is 12.2 Å². The molecule has 2 aromatic rings. The Hall–Kier alpha value is -1.60. The van der Waals surface area contributed by atoms with Gasteiger partial charge >= 0.3 is 0 Å². The topological polar surface area (TPSA) is 44.5 Å². The molecule has 1 fully saturated rings. The Kier molecular flexibility index (Phi) is 3.39. The largest absolute Gasteiger partial charge is 0.329 e. The number of nitriles is 1. The van der Waals surface area contributed by atoms with Gasteiger partial charge in [-0.25, -0.2) is 0 Å². The molecule has 1 heterocycles. The lowest BCUT2D eigenvalue weighted by Gasteiger charge is -2.21. The highest BCUT2D eigenvalue weighted by Gasteiger charge is 2.33. The summed E-state index contributed by atoms with van der Waals surface area (Å²) in [6.07, 6.45) is 3.68. The van der Waals surface area contributed by atoms with Gasteiger partial charge in [0.2, 0.25) is 0 Å². The molecule has 1 N–H and O–H groups in total. The van der Waals surface area contributed by atoms with Crippen molar-refractivity contribution in [1.82, 2.24) is 9.55 Å². The Balaban J connectivity index is 2.16. The number of H-pyrrole nitrogens is 1. The van der Waals surface area contributed by atoms with Crippen LogP contribution in [0.5, 0.6) is 0 Å². The number of rotatable bonds is 2. The van der Waals surface area contributed by atoms with Crippen molar-refractivity contribution < 1.29 is 0 Å². The third-order valence-corrected chi connectivity index (χ3v) is 5.21. The Bertz CT molecular complexity index is 734. The first-order chi connectivity index (χ1) is 9.67. The predicted octanol–water partition coefficient (Wildman–Crippen LogP) is 4.57. The van der Waals surface area contributed by atoms with E-state index < -0.39 is 0 Å². The molecule has 20 heavy (non-hydrogen) atoms. The first kappa shape index (κ1) is 13.4. The van der Waals surface area contributed by atoms with Crippen LogP contribution in [0.2, 0.25) is 0 Å². The quantitative estimate of drug-likeness (QED) is 0.822. The van der Waals surface area contributed by atoms with Crippen molar-refractivity contribution in [3.05, 3.63) is 28.5 Å². The fourth-order valence-corrected chi connectivity index (χ4v) is 4.07. The fourth-order valence-electron chi connectivity index (χ4n) is 3.74. The van der Waals surface area contributed by atoms with Crippen LogP contribution < -0.4 is 0 Å². The van der Waals surface area contributed by atoms with Crippen LogP contribution in [-0.4, -0.2) is 9.55 Å². The molecule has 0 aliphatic heterocycles. The first-order valence-electron chi connectivity index (χ1n) is 7.30. The van der Waals surface area contributed by atoms with Gasteiger partial charge in [0, 0.05) is 6.04 Å². The van der Waals surface area contributed by atoms with Crippen LogP contribution in [-0.2, 0) is 0 Å². The molecule has 1 saturated carbocycles. The van der Waals surface area contributed by atoms with Crippen LogP contribution in [0.4, 0.5) is 0 Å². The summed E-state index contributed by atoms with van der Waals surface area (Å²) in [6.45, 7) is 4.60. The molecule has 3 nitrogen and oxygen atoms in total. The minimum atomic E-state index is 0.454. The Morgan fingerprint density at radius 2 is 2.25 bits per heavy atom. The van der Waals surface area contributed by atoms with Crippen molar-refractivity contribution in [1.29, 1.82) is 5.26 Å². The number of nitrogens with zero attached hydrogens (tertiary/aromatic N) is 2. The SMILES string of the molecule is CCC1CCC(n2c(=S)[nH]c3c(C#N)cccc32)C1C. The van der Waals surface area contributed by atoms with E-state index in [0.717, 1.165) is 21.7 Å². The molecule has 1 aromatic heterocycles. The summed E-state index contributed by atoms with van der Waals surface area (Å²) in [5, 5.41) is 9.22. The Morgan fingerprint density at radius 3 is 2.90 bits per heavy atom. The monoisotopic (exact) mass is 285 g/mol. The molecule has 3 rings (SSSR count). The highest BCUT2D eigenvalue weighted by atomic mass is 32.1. The molecule has 104 valence electrons. The van der Waals surface area contributed by atoms with Crippen LogP contribution in [0.3, 0.4) is 0 Å². The van der Waals surface area contributed by atoms with E-state index in [-0.39, 0.29) is 0 Å². The molecule has 0 amide bonds. The molecule has 1 aliphatic carbocycles. The summed E-state index contributed by atoms with van der Waals surface area (Å²) in [6, 6.07) is 8.54. The average molecular weight is 285 g/mol. The maximum absolute atomic E-state index is 9.22. The second-order valence-electron chi connectivity index (χ2n) is 5.78. The molecule has 3 unspecified atom stereocenters. The third-order valence-electron chi connectivity index (χ3n) is 4.91. The van der Waals surface area contributed by atoms with Crippen molar-refractivity contribution in [2.45, 2.75) is 39.2 Å². The summed E-state index contributed by atoms with van der Waals surface area (Å²) in [5.41, 5.74) is 2.62. The Labute approximate surface area is 124 Å². The van der Waals surface area contributed by atoms with E-state index in [1.807, 2.05) is 12.1 Å². The van der Waals surface area contributed by atoms with Gasteiger partial charge in [-0.05, 0) is 49.0 Å². The number of benzene rings is 1. The van der Waals surface area contributed by atoms with Gasteiger partial charge in [-0.2, -0.15) is 5.26 Å². The number of hydrogen-bond acceptors (Lipinski definition) is 2. The lowest BCUT2D eigenvalue weighted by molar-refractivity contribution is 0.332. The van der Waals surface area contributed by atoms with Gasteiger partial charge in [0.1, 0.15) is 6.07 Å². The zero-order chi connectivity index (χ0) is 14.3. The van der Waals surface area contributed by atoms with Crippen molar-refractivity contribution in [2.75, 3.05) is 0 Å². The van der Waals surface area contributed by atoms with Crippen molar-refractivity contribution in [3.63, 3.8) is 0 Å². The van der Waals surface area contributed by atoms with Gasteiger partial charge < -0.3 is 9.55 Å². The van der Waals surface area contributed by atoms with E-state index in [4.69, 9.17) is 12.2 Å². The summed E-state index contributed by atoms with van der Waals surface area (Å²) in [4.78, 5) is 3.23. The number of aromatic nitrogens is 2. The van der Waals surface area contributed by atoms with E-state index >= 15 is 0 Å². The molecular formula is C16H19N3S. The van der Waals surface area contributed by atoms with Crippen LogP contribution in [0.15, 0.2) is 18.2 Å². The molecule has 0 spiro atoms. The van der Waals surface area contributed by atoms with E-state index in [1.54, 1.807) is 0 Å². The van der Waals surface area contributed by atoms with Gasteiger partial charge in [0.05, 0.1) is 16.6 Å². The van der Waals surface area contributed by atoms with Crippen LogP contribution in [0, 0.1) is 27.9 Å². The zero-order valence-electron chi connectivity index (χ0n) is 11.9. The Morgan fingerprint density at radius 1 is 1.45 bits per heavy atom. The van der Waals surface area contributed by atoms with Crippen LogP contribution in [0.1, 0.15) is 44.7 Å². The zero-order valence-corrected chi connectivity index (χ0v) is 12.7. The molecule has 0 bridgehead atoms. The molecule has 1 aromatic carbocycles. The maximum atomic E-state index is 9.22.